The Labute approximate surface area is 337 Å². The van der Waals surface area contributed by atoms with E-state index in [9.17, 15) is 9.59 Å². The van der Waals surface area contributed by atoms with Crippen LogP contribution in [0.1, 0.15) is 106 Å². The minimum absolute atomic E-state index is 0.180. The first-order valence-corrected chi connectivity index (χ1v) is 41.3. The van der Waals surface area contributed by atoms with E-state index in [1.54, 1.807) is 0 Å². The molecule has 6 rings (SSSR count). The normalized spacial score (nSPS) is 28.1. The fourth-order valence-electron chi connectivity index (χ4n) is 7.75. The molecule has 0 saturated carbocycles. The van der Waals surface area contributed by atoms with Gasteiger partial charge in [0.25, 0.3) is 0 Å². The summed E-state index contributed by atoms with van der Waals surface area (Å²) in [4.78, 5) is 33.1. The second kappa shape index (κ2) is 23.8. The van der Waals surface area contributed by atoms with Crippen LogP contribution in [-0.4, -0.2) is 168 Å². The number of unbranched alkanes of at least 4 members (excludes halogenated alkanes) is 4. The fraction of sp³-hybridized carbons (Fsp3) is 0.944. The van der Waals surface area contributed by atoms with E-state index >= 15 is 0 Å². The first-order valence-electron chi connectivity index (χ1n) is 21.0. The van der Waals surface area contributed by atoms with Gasteiger partial charge in [-0.3, -0.25) is 0 Å². The maximum absolute atomic E-state index is 14.2. The Bertz CT molecular complexity index is 965. The molecule has 0 aliphatic carbocycles. The third kappa shape index (κ3) is 14.2. The number of fused-ring (bicyclic) bond motifs is 12. The van der Waals surface area contributed by atoms with Gasteiger partial charge >= 0.3 is 340 Å². The van der Waals surface area contributed by atoms with Gasteiger partial charge in [0.05, 0.1) is 0 Å². The predicted molar refractivity (Wildman–Crippen MR) is 212 cm³/mol. The Morgan fingerprint density at radius 2 is 0.792 bits per heavy atom. The van der Waals surface area contributed by atoms with Gasteiger partial charge in [0, 0.05) is 0 Å². The Balaban J connectivity index is 1.58. The van der Waals surface area contributed by atoms with E-state index in [1.807, 2.05) is 13.8 Å². The van der Waals surface area contributed by atoms with Crippen molar-refractivity contribution in [3.05, 3.63) is 0 Å². The van der Waals surface area contributed by atoms with E-state index in [0.29, 0.717) is 39.6 Å². The van der Waals surface area contributed by atoms with Crippen LogP contribution in [0.15, 0.2) is 0 Å². The van der Waals surface area contributed by atoms with Crippen LogP contribution in [0.2, 0.25) is 27.2 Å². The van der Waals surface area contributed by atoms with Gasteiger partial charge in [-0.15, -0.1) is 0 Å². The van der Waals surface area contributed by atoms with Gasteiger partial charge in [-0.25, -0.2) is 0 Å². The molecule has 308 valence electrons. The molecule has 6 aliphatic rings. The van der Waals surface area contributed by atoms with E-state index in [0.717, 1.165) is 108 Å². The van der Waals surface area contributed by atoms with Crippen molar-refractivity contribution in [3.8, 4) is 0 Å². The molecule has 6 saturated heterocycles. The summed E-state index contributed by atoms with van der Waals surface area (Å²) >= 11 is -15.9. The monoisotopic (exact) mass is 1100 g/mol. The Hall–Kier alpha value is 1.26. The topological polar surface area (TPSA) is 124 Å². The molecular weight excluding hydrogens is 1020 g/mol. The summed E-state index contributed by atoms with van der Waals surface area (Å²) in [5, 5.41) is 0. The molecule has 0 amide bonds. The number of rotatable bonds is 22. The number of hydrogen-bond acceptors (Lipinski definition) is 13. The number of carbonyl (C=O) groups excluding carboxylic acids is 2. The van der Waals surface area contributed by atoms with Crippen molar-refractivity contribution in [2.24, 2.45) is 0 Å². The summed E-state index contributed by atoms with van der Waals surface area (Å²) in [6, 6.07) is 0. The van der Waals surface area contributed by atoms with Crippen LogP contribution < -0.4 is 0 Å². The van der Waals surface area contributed by atoms with Crippen LogP contribution in [0.4, 0.5) is 0 Å². The molecule has 0 N–H and O–H groups in total. The fourth-order valence-corrected chi connectivity index (χ4v) is 60.2. The molecule has 0 radical (unpaired) electrons. The zero-order chi connectivity index (χ0) is 38.2. The molecular formula is C36H72Ge2N2O11Sn2. The number of nitrogens with zero attached hydrogens (tertiary/aromatic N) is 2. The average Bonchev–Trinajstić information content (AvgIpc) is 3.06. The second-order valence-corrected chi connectivity index (χ2v) is 50.1. The van der Waals surface area contributed by atoms with Crippen LogP contribution in [0.25, 0.3) is 0 Å². The molecule has 17 heteroatoms. The van der Waals surface area contributed by atoms with Crippen molar-refractivity contribution >= 4 is 78.9 Å². The first-order chi connectivity index (χ1) is 25.6. The van der Waals surface area contributed by atoms with Gasteiger partial charge < -0.3 is 0 Å². The van der Waals surface area contributed by atoms with Gasteiger partial charge in [-0.1, -0.05) is 0 Å². The SMILES string of the molecule is CCC[CH2][Sn]([CH2]CCC)([O]C(=O)C[CH](C)[Ge]12[O]CCN(CC[O]1)CC[O]2)[O][Sn]([CH2]CCC)([CH2]CCC)[O]C(=O)C[CH](C)[Ge]12[O]CCN(CC[O]1)CC[O]2. The third-order valence-electron chi connectivity index (χ3n) is 11.0. The van der Waals surface area contributed by atoms with Crippen molar-refractivity contribution in [1.82, 2.24) is 9.80 Å². The van der Waals surface area contributed by atoms with E-state index < -0.39 is 67.0 Å². The molecule has 53 heavy (non-hydrogen) atoms. The Morgan fingerprint density at radius 1 is 0.528 bits per heavy atom. The molecule has 0 spiro atoms. The van der Waals surface area contributed by atoms with E-state index in [1.165, 1.54) is 0 Å². The summed E-state index contributed by atoms with van der Waals surface area (Å²) in [6.07, 6.45) is 7.94. The molecule has 4 bridgehead atoms. The van der Waals surface area contributed by atoms with Crippen molar-refractivity contribution < 1.29 is 39.7 Å². The third-order valence-corrected chi connectivity index (χ3v) is 57.1. The average molecular weight is 1090 g/mol. The van der Waals surface area contributed by atoms with Gasteiger partial charge in [0.1, 0.15) is 0 Å². The number of carbonyl (C=O) groups is 2. The number of hydrogen-bond donors (Lipinski definition) is 0. The van der Waals surface area contributed by atoms with E-state index in [4.69, 9.17) is 30.1 Å². The minimum atomic E-state index is -4.22. The Kier molecular flexibility index (Phi) is 21.0. The van der Waals surface area contributed by atoms with Crippen LogP contribution in [0, 0.1) is 0 Å². The van der Waals surface area contributed by atoms with Gasteiger partial charge in [0.2, 0.25) is 0 Å². The zero-order valence-corrected chi connectivity index (χ0v) is 43.8. The molecule has 0 aromatic heterocycles. The van der Waals surface area contributed by atoms with Crippen molar-refractivity contribution in [2.75, 3.05) is 78.9 Å². The van der Waals surface area contributed by atoms with Gasteiger partial charge in [0.15, 0.2) is 0 Å². The summed E-state index contributed by atoms with van der Waals surface area (Å²) in [7, 11) is 0. The van der Waals surface area contributed by atoms with Crippen molar-refractivity contribution in [2.45, 2.75) is 133 Å². The summed E-state index contributed by atoms with van der Waals surface area (Å²) < 4.78 is 62.4. The van der Waals surface area contributed by atoms with Crippen LogP contribution in [0.5, 0.6) is 0 Å². The Morgan fingerprint density at radius 3 is 1.04 bits per heavy atom. The van der Waals surface area contributed by atoms with Gasteiger partial charge in [-0.05, 0) is 0 Å². The second-order valence-electron chi connectivity index (χ2n) is 15.5. The summed E-state index contributed by atoms with van der Waals surface area (Å²) in [6.45, 7) is 21.3. The quantitative estimate of drug-likeness (QED) is 0.112. The van der Waals surface area contributed by atoms with Crippen molar-refractivity contribution in [1.29, 1.82) is 0 Å². The maximum atomic E-state index is 14.2. The zero-order valence-electron chi connectivity index (χ0n) is 33.9. The predicted octanol–water partition coefficient (Wildman–Crippen LogP) is 6.37. The van der Waals surface area contributed by atoms with Gasteiger partial charge in [-0.2, -0.15) is 0 Å². The molecule has 6 heterocycles. The molecule has 13 nitrogen and oxygen atoms in total. The van der Waals surface area contributed by atoms with E-state index in [2.05, 4.69) is 37.5 Å². The van der Waals surface area contributed by atoms with Crippen molar-refractivity contribution in [3.63, 3.8) is 0 Å². The first kappa shape index (κ1) is 46.9. The molecule has 6 fully saturated rings. The summed E-state index contributed by atoms with van der Waals surface area (Å²) in [5.41, 5.74) is 0. The molecule has 0 aromatic carbocycles. The molecule has 2 unspecified atom stereocenters. The standard InChI is InChI=1S/2C10H19GeNO5.4C4H9.O.2Sn/c2*1-9(8-10(13)14)11-15-5-2-12(3-6-16-11)4-7-17-11;4*1-3-4-2;;;/h2*9H,2-8H2,1H3,(H,13,14);4*1,3-4H2,2H3;;;/q;;;;;;;2*+1/p-2. The molecule has 0 aromatic rings. The molecule has 6 aliphatic heterocycles. The van der Waals surface area contributed by atoms with Crippen LogP contribution >= 0.6 is 0 Å². The molecule has 2 atom stereocenters. The summed E-state index contributed by atoms with van der Waals surface area (Å²) in [5.74, 6) is -0.474. The van der Waals surface area contributed by atoms with Crippen LogP contribution in [-0.2, 0) is 39.7 Å². The van der Waals surface area contributed by atoms with E-state index in [-0.39, 0.29) is 34.3 Å². The van der Waals surface area contributed by atoms with Crippen LogP contribution in [0.3, 0.4) is 0 Å².